The van der Waals surface area contributed by atoms with Crippen molar-refractivity contribution < 1.29 is 14.2 Å². The van der Waals surface area contributed by atoms with Gasteiger partial charge in [0, 0.05) is 12.6 Å². The van der Waals surface area contributed by atoms with Gasteiger partial charge in [-0.05, 0) is 29.7 Å². The van der Waals surface area contributed by atoms with E-state index in [9.17, 15) is 0 Å². The van der Waals surface area contributed by atoms with E-state index in [0.29, 0.717) is 35.3 Å². The Morgan fingerprint density at radius 1 is 1.00 bits per heavy atom. The molecule has 0 amide bonds. The number of anilines is 1. The standard InChI is InChI=1S/C23H20N4O3/c1-28-20-11-19-18(10-21(20)29-13-15-5-3-2-4-6-15)23(27-14-26-19)30-17-9-16-7-8-24-22(16)25-12-17/h2-6,9-12,14H,7-8,13H2,1H3,(H,24,25). The van der Waals surface area contributed by atoms with Crippen molar-refractivity contribution in [2.24, 2.45) is 0 Å². The van der Waals surface area contributed by atoms with E-state index in [4.69, 9.17) is 14.2 Å². The summed E-state index contributed by atoms with van der Waals surface area (Å²) in [6.45, 7) is 1.32. The third-order valence-corrected chi connectivity index (χ3v) is 4.96. The van der Waals surface area contributed by atoms with Crippen LogP contribution in [0.2, 0.25) is 0 Å². The molecule has 7 heteroatoms. The number of rotatable bonds is 6. The summed E-state index contributed by atoms with van der Waals surface area (Å²) >= 11 is 0. The van der Waals surface area contributed by atoms with E-state index in [1.54, 1.807) is 13.3 Å². The second-order valence-corrected chi connectivity index (χ2v) is 6.93. The number of hydrogen-bond donors (Lipinski definition) is 1. The van der Waals surface area contributed by atoms with Gasteiger partial charge in [-0.2, -0.15) is 0 Å². The quantitative estimate of drug-likeness (QED) is 0.515. The van der Waals surface area contributed by atoms with Gasteiger partial charge in [-0.1, -0.05) is 30.3 Å². The van der Waals surface area contributed by atoms with Crippen LogP contribution in [0.15, 0.2) is 61.1 Å². The van der Waals surface area contributed by atoms with Gasteiger partial charge in [0.25, 0.3) is 0 Å². The van der Waals surface area contributed by atoms with Crippen LogP contribution in [0.4, 0.5) is 5.82 Å². The first-order chi connectivity index (χ1) is 14.8. The molecule has 0 spiro atoms. The zero-order valence-corrected chi connectivity index (χ0v) is 16.5. The van der Waals surface area contributed by atoms with Crippen LogP contribution in [-0.4, -0.2) is 28.6 Å². The Bertz CT molecular complexity index is 1200. The molecule has 0 unspecified atom stereocenters. The summed E-state index contributed by atoms with van der Waals surface area (Å²) in [6, 6.07) is 15.6. The summed E-state index contributed by atoms with van der Waals surface area (Å²) in [5, 5.41) is 3.98. The molecular weight excluding hydrogens is 380 g/mol. The topological polar surface area (TPSA) is 78.4 Å². The van der Waals surface area contributed by atoms with E-state index >= 15 is 0 Å². The molecule has 0 fully saturated rings. The number of nitrogens with one attached hydrogen (secondary N) is 1. The van der Waals surface area contributed by atoms with Gasteiger partial charge >= 0.3 is 0 Å². The van der Waals surface area contributed by atoms with Crippen molar-refractivity contribution in [1.29, 1.82) is 0 Å². The fourth-order valence-corrected chi connectivity index (χ4v) is 3.45. The maximum Gasteiger partial charge on any atom is 0.230 e. The van der Waals surface area contributed by atoms with Crippen LogP contribution in [0, 0.1) is 0 Å². The molecule has 7 nitrogen and oxygen atoms in total. The largest absolute Gasteiger partial charge is 0.493 e. The molecule has 2 aromatic carbocycles. The number of fused-ring (bicyclic) bond motifs is 2. The van der Waals surface area contributed by atoms with Gasteiger partial charge in [0.05, 0.1) is 24.2 Å². The van der Waals surface area contributed by atoms with E-state index < -0.39 is 0 Å². The van der Waals surface area contributed by atoms with Crippen molar-refractivity contribution in [3.8, 4) is 23.1 Å². The first kappa shape index (κ1) is 18.2. The fraction of sp³-hybridized carbons (Fsp3) is 0.174. The zero-order chi connectivity index (χ0) is 20.3. The van der Waals surface area contributed by atoms with E-state index in [-0.39, 0.29) is 0 Å². The predicted molar refractivity (Wildman–Crippen MR) is 113 cm³/mol. The molecule has 0 aliphatic carbocycles. The molecule has 3 heterocycles. The Morgan fingerprint density at radius 3 is 2.77 bits per heavy atom. The second-order valence-electron chi connectivity index (χ2n) is 6.93. The van der Waals surface area contributed by atoms with Crippen molar-refractivity contribution in [3.05, 3.63) is 72.2 Å². The molecule has 0 saturated carbocycles. The van der Waals surface area contributed by atoms with Crippen molar-refractivity contribution >= 4 is 16.7 Å². The maximum atomic E-state index is 6.07. The first-order valence-electron chi connectivity index (χ1n) is 9.70. The highest BCUT2D eigenvalue weighted by Crippen LogP contribution is 2.36. The van der Waals surface area contributed by atoms with E-state index in [1.165, 1.54) is 6.33 Å². The second kappa shape index (κ2) is 7.87. The molecule has 0 atom stereocenters. The Kier molecular flexibility index (Phi) is 4.77. The lowest BCUT2D eigenvalue weighted by molar-refractivity contribution is 0.285. The number of hydrogen-bond acceptors (Lipinski definition) is 7. The molecule has 5 rings (SSSR count). The van der Waals surface area contributed by atoms with E-state index in [0.717, 1.165) is 35.3 Å². The third kappa shape index (κ3) is 3.57. The van der Waals surface area contributed by atoms with Crippen LogP contribution in [0.1, 0.15) is 11.1 Å². The van der Waals surface area contributed by atoms with Crippen molar-refractivity contribution in [1.82, 2.24) is 15.0 Å². The molecular formula is C23H20N4O3. The molecule has 30 heavy (non-hydrogen) atoms. The van der Waals surface area contributed by atoms with Crippen LogP contribution in [0.3, 0.4) is 0 Å². The highest BCUT2D eigenvalue weighted by molar-refractivity contribution is 5.87. The minimum Gasteiger partial charge on any atom is -0.493 e. The van der Waals surface area contributed by atoms with Crippen LogP contribution in [-0.2, 0) is 13.0 Å². The molecule has 1 aliphatic heterocycles. The Labute approximate surface area is 173 Å². The summed E-state index contributed by atoms with van der Waals surface area (Å²) in [5.74, 6) is 3.20. The molecule has 2 aromatic heterocycles. The molecule has 1 N–H and O–H groups in total. The molecule has 0 bridgehead atoms. The smallest absolute Gasteiger partial charge is 0.230 e. The minimum absolute atomic E-state index is 0.425. The lowest BCUT2D eigenvalue weighted by atomic mass is 10.2. The lowest BCUT2D eigenvalue weighted by Gasteiger charge is -2.13. The maximum absolute atomic E-state index is 6.07. The lowest BCUT2D eigenvalue weighted by Crippen LogP contribution is -1.99. The zero-order valence-electron chi connectivity index (χ0n) is 16.5. The minimum atomic E-state index is 0.425. The SMILES string of the molecule is COc1cc2ncnc(Oc3cnc4c(c3)CCN4)c2cc1OCc1ccccc1. The van der Waals surface area contributed by atoms with Gasteiger partial charge in [-0.3, -0.25) is 0 Å². The molecule has 0 radical (unpaired) electrons. The van der Waals surface area contributed by atoms with Gasteiger partial charge in [0.15, 0.2) is 11.5 Å². The fourth-order valence-electron chi connectivity index (χ4n) is 3.45. The molecule has 0 saturated heterocycles. The summed E-state index contributed by atoms with van der Waals surface area (Å²) in [5.41, 5.74) is 2.91. The Hall–Kier alpha value is -3.87. The van der Waals surface area contributed by atoms with Crippen molar-refractivity contribution in [3.63, 3.8) is 0 Å². The Morgan fingerprint density at radius 2 is 1.90 bits per heavy atom. The van der Waals surface area contributed by atoms with Crippen molar-refractivity contribution in [2.45, 2.75) is 13.0 Å². The summed E-state index contributed by atoms with van der Waals surface area (Å²) in [6.07, 6.45) is 4.10. The average Bonchev–Trinajstić information content (AvgIpc) is 3.26. The van der Waals surface area contributed by atoms with E-state index in [2.05, 4.69) is 20.3 Å². The van der Waals surface area contributed by atoms with Crippen LogP contribution >= 0.6 is 0 Å². The number of benzene rings is 2. The highest BCUT2D eigenvalue weighted by Gasteiger charge is 2.16. The Balaban J connectivity index is 1.48. The van der Waals surface area contributed by atoms with Gasteiger partial charge in [-0.15, -0.1) is 0 Å². The normalized spacial score (nSPS) is 12.3. The number of methoxy groups -OCH3 is 1. The monoisotopic (exact) mass is 400 g/mol. The van der Waals surface area contributed by atoms with Gasteiger partial charge < -0.3 is 19.5 Å². The van der Waals surface area contributed by atoms with Gasteiger partial charge in [0.1, 0.15) is 24.5 Å². The van der Waals surface area contributed by atoms with Gasteiger partial charge in [0.2, 0.25) is 5.88 Å². The third-order valence-electron chi connectivity index (χ3n) is 4.96. The molecule has 150 valence electrons. The molecule has 1 aliphatic rings. The van der Waals surface area contributed by atoms with Crippen LogP contribution in [0.5, 0.6) is 23.1 Å². The highest BCUT2D eigenvalue weighted by atomic mass is 16.5. The number of pyridine rings is 1. The number of ether oxygens (including phenoxy) is 3. The number of nitrogens with zero attached hydrogens (tertiary/aromatic N) is 3. The first-order valence-corrected chi connectivity index (χ1v) is 9.70. The summed E-state index contributed by atoms with van der Waals surface area (Å²) in [7, 11) is 1.61. The predicted octanol–water partition coefficient (Wildman–Crippen LogP) is 4.37. The van der Waals surface area contributed by atoms with Crippen LogP contribution in [0.25, 0.3) is 10.9 Å². The van der Waals surface area contributed by atoms with Crippen LogP contribution < -0.4 is 19.5 Å². The van der Waals surface area contributed by atoms with Crippen molar-refractivity contribution in [2.75, 3.05) is 19.0 Å². The summed E-state index contributed by atoms with van der Waals surface area (Å²) < 4.78 is 17.6. The summed E-state index contributed by atoms with van der Waals surface area (Å²) in [4.78, 5) is 13.1. The van der Waals surface area contributed by atoms with Gasteiger partial charge in [-0.25, -0.2) is 15.0 Å². The molecule has 4 aromatic rings. The van der Waals surface area contributed by atoms with E-state index in [1.807, 2.05) is 48.5 Å². The average molecular weight is 400 g/mol. The number of aromatic nitrogens is 3.